The molecule has 1 fully saturated rings. The molecule has 2 rings (SSSR count). The minimum Gasteiger partial charge on any atom is -0.464 e. The van der Waals surface area contributed by atoms with Crippen LogP contribution >= 0.6 is 0 Å². The summed E-state index contributed by atoms with van der Waals surface area (Å²) in [4.78, 5) is 21.4. The Hall–Kier alpha value is -1.73. The molecule has 0 bridgehead atoms. The van der Waals surface area contributed by atoms with Crippen LogP contribution in [0.2, 0.25) is 0 Å². The quantitative estimate of drug-likeness (QED) is 0.709. The van der Waals surface area contributed by atoms with Gasteiger partial charge in [0, 0.05) is 25.6 Å². The number of nitrogens with zero attached hydrogens (tertiary/aromatic N) is 3. The van der Waals surface area contributed by atoms with Crippen molar-refractivity contribution in [1.82, 2.24) is 9.97 Å². The van der Waals surface area contributed by atoms with E-state index in [9.17, 15) is 9.90 Å². The van der Waals surface area contributed by atoms with Crippen molar-refractivity contribution < 1.29 is 19.7 Å². The Bertz CT molecular complexity index is 454. The predicted octanol–water partition coefficient (Wildman–Crippen LogP) is -0.557. The van der Waals surface area contributed by atoms with Gasteiger partial charge in [-0.05, 0) is 6.42 Å². The number of esters is 1. The van der Waals surface area contributed by atoms with Gasteiger partial charge >= 0.3 is 5.97 Å². The molecule has 104 valence electrons. The average molecular weight is 267 g/mol. The van der Waals surface area contributed by atoms with Crippen LogP contribution in [0.3, 0.4) is 0 Å². The van der Waals surface area contributed by atoms with E-state index in [1.54, 1.807) is 6.20 Å². The maximum absolute atomic E-state index is 11.4. The first-order chi connectivity index (χ1) is 9.15. The Labute approximate surface area is 110 Å². The van der Waals surface area contributed by atoms with Gasteiger partial charge in [0.1, 0.15) is 5.82 Å². The van der Waals surface area contributed by atoms with Crippen molar-refractivity contribution in [2.24, 2.45) is 5.92 Å². The lowest BCUT2D eigenvalue weighted by atomic mass is 9.95. The molecule has 0 radical (unpaired) electrons. The Morgan fingerprint density at radius 1 is 1.58 bits per heavy atom. The van der Waals surface area contributed by atoms with Crippen molar-refractivity contribution in [1.29, 1.82) is 0 Å². The first kappa shape index (κ1) is 13.7. The van der Waals surface area contributed by atoms with Crippen molar-refractivity contribution in [3.63, 3.8) is 0 Å². The number of carbonyl (C=O) groups is 1. The molecule has 0 saturated carbocycles. The summed E-state index contributed by atoms with van der Waals surface area (Å²) in [7, 11) is 1.28. The molecular weight excluding hydrogens is 250 g/mol. The molecule has 1 aliphatic heterocycles. The monoisotopic (exact) mass is 267 g/mol. The Kier molecular flexibility index (Phi) is 4.28. The van der Waals surface area contributed by atoms with Gasteiger partial charge in [0.2, 0.25) is 0 Å². The van der Waals surface area contributed by atoms with Gasteiger partial charge in [-0.1, -0.05) is 0 Å². The van der Waals surface area contributed by atoms with Gasteiger partial charge in [0.25, 0.3) is 0 Å². The van der Waals surface area contributed by atoms with E-state index >= 15 is 0 Å². The van der Waals surface area contributed by atoms with E-state index in [0.29, 0.717) is 25.3 Å². The third kappa shape index (κ3) is 2.99. The highest BCUT2D eigenvalue weighted by molar-refractivity contribution is 5.87. The largest absolute Gasteiger partial charge is 0.464 e. The number of ether oxygens (including phenoxy) is 1. The first-order valence-corrected chi connectivity index (χ1v) is 6.10. The summed E-state index contributed by atoms with van der Waals surface area (Å²) in [6.45, 7) is 0.995. The molecule has 1 saturated heterocycles. The second-order valence-electron chi connectivity index (χ2n) is 4.50. The van der Waals surface area contributed by atoms with Crippen LogP contribution in [0.25, 0.3) is 0 Å². The molecule has 19 heavy (non-hydrogen) atoms. The maximum atomic E-state index is 11.4. The van der Waals surface area contributed by atoms with E-state index in [2.05, 4.69) is 14.7 Å². The third-order valence-corrected chi connectivity index (χ3v) is 3.30. The fourth-order valence-electron chi connectivity index (χ4n) is 2.11. The van der Waals surface area contributed by atoms with Crippen molar-refractivity contribution in [3.05, 3.63) is 18.1 Å². The first-order valence-electron chi connectivity index (χ1n) is 6.10. The summed E-state index contributed by atoms with van der Waals surface area (Å²) < 4.78 is 4.59. The summed E-state index contributed by atoms with van der Waals surface area (Å²) in [5.41, 5.74) is 0.138. The topological polar surface area (TPSA) is 95.8 Å². The molecular formula is C12H17N3O4. The van der Waals surface area contributed by atoms with Crippen LogP contribution in [-0.4, -0.2) is 59.1 Å². The van der Waals surface area contributed by atoms with Gasteiger partial charge in [0.15, 0.2) is 5.69 Å². The molecule has 0 aromatic carbocycles. The number of methoxy groups -OCH3 is 1. The second-order valence-corrected chi connectivity index (χ2v) is 4.50. The minimum atomic E-state index is -0.609. The number of aromatic nitrogens is 2. The second kappa shape index (κ2) is 5.94. The normalized spacial score (nSPS) is 23.2. The highest BCUT2D eigenvalue weighted by Crippen LogP contribution is 2.21. The van der Waals surface area contributed by atoms with Gasteiger partial charge in [-0.25, -0.2) is 9.78 Å². The van der Waals surface area contributed by atoms with Crippen molar-refractivity contribution in [2.75, 3.05) is 31.7 Å². The number of aliphatic hydroxyl groups excluding tert-OH is 2. The Balaban J connectivity index is 2.12. The highest BCUT2D eigenvalue weighted by Gasteiger charge is 2.28. The van der Waals surface area contributed by atoms with E-state index in [4.69, 9.17) is 5.11 Å². The van der Waals surface area contributed by atoms with Gasteiger partial charge in [-0.2, -0.15) is 0 Å². The highest BCUT2D eigenvalue weighted by atomic mass is 16.5. The van der Waals surface area contributed by atoms with Gasteiger partial charge in [-0.15, -0.1) is 0 Å². The number of anilines is 1. The van der Waals surface area contributed by atoms with E-state index in [1.165, 1.54) is 13.3 Å². The SMILES string of the molecule is COC(=O)c1cncc(N2CC[C@H](CO)[C@H](O)C2)n1. The molecule has 0 aliphatic carbocycles. The summed E-state index contributed by atoms with van der Waals surface area (Å²) in [5.74, 6) is -0.119. The van der Waals surface area contributed by atoms with E-state index in [0.717, 1.165) is 0 Å². The van der Waals surface area contributed by atoms with Crippen molar-refractivity contribution in [3.8, 4) is 0 Å². The summed E-state index contributed by atoms with van der Waals surface area (Å²) in [5, 5.41) is 19.0. The molecule has 2 atom stereocenters. The Morgan fingerprint density at radius 3 is 3.00 bits per heavy atom. The average Bonchev–Trinajstić information content (AvgIpc) is 2.46. The van der Waals surface area contributed by atoms with Crippen LogP contribution in [-0.2, 0) is 4.74 Å². The van der Waals surface area contributed by atoms with Gasteiger partial charge in [0.05, 0.1) is 25.6 Å². The van der Waals surface area contributed by atoms with E-state index < -0.39 is 12.1 Å². The number of β-amino-alcohol motifs (C(OH)–C–C–N with tert-alkyl or cyclic N) is 1. The van der Waals surface area contributed by atoms with Crippen LogP contribution in [0, 0.1) is 5.92 Å². The molecule has 1 aromatic rings. The van der Waals surface area contributed by atoms with Crippen molar-refractivity contribution in [2.45, 2.75) is 12.5 Å². The number of rotatable bonds is 3. The molecule has 2 heterocycles. The molecule has 1 aromatic heterocycles. The molecule has 7 nitrogen and oxygen atoms in total. The molecule has 1 aliphatic rings. The minimum absolute atomic E-state index is 0.0249. The fraction of sp³-hybridized carbons (Fsp3) is 0.583. The van der Waals surface area contributed by atoms with E-state index in [1.807, 2.05) is 4.90 Å². The molecule has 2 N–H and O–H groups in total. The smallest absolute Gasteiger partial charge is 0.358 e. The van der Waals surface area contributed by atoms with Crippen molar-refractivity contribution >= 4 is 11.8 Å². The standard InChI is InChI=1S/C12H17N3O4/c1-19-12(18)9-4-13-5-11(14-9)15-3-2-8(7-16)10(17)6-15/h4-5,8,10,16-17H,2-3,6-7H2,1H3/t8-,10-/m1/s1. The number of hydrogen-bond donors (Lipinski definition) is 2. The van der Waals surface area contributed by atoms with Crippen LogP contribution in [0.1, 0.15) is 16.9 Å². The van der Waals surface area contributed by atoms with Gasteiger partial charge in [-0.3, -0.25) is 4.98 Å². The van der Waals surface area contributed by atoms with Crippen LogP contribution in [0.5, 0.6) is 0 Å². The number of carbonyl (C=O) groups excluding carboxylic acids is 1. The summed E-state index contributed by atoms with van der Waals surface area (Å²) in [6.07, 6.45) is 2.94. The van der Waals surface area contributed by atoms with Crippen LogP contribution in [0.4, 0.5) is 5.82 Å². The Morgan fingerprint density at radius 2 is 2.37 bits per heavy atom. The van der Waals surface area contributed by atoms with Gasteiger partial charge < -0.3 is 19.8 Å². The third-order valence-electron chi connectivity index (χ3n) is 3.30. The molecule has 0 amide bonds. The lowest BCUT2D eigenvalue weighted by molar-refractivity contribution is 0.0545. The zero-order chi connectivity index (χ0) is 13.8. The lowest BCUT2D eigenvalue weighted by Crippen LogP contribution is -2.45. The zero-order valence-electron chi connectivity index (χ0n) is 10.7. The number of hydrogen-bond acceptors (Lipinski definition) is 7. The maximum Gasteiger partial charge on any atom is 0.358 e. The molecule has 0 unspecified atom stereocenters. The fourth-order valence-corrected chi connectivity index (χ4v) is 2.11. The summed E-state index contributed by atoms with van der Waals surface area (Å²) in [6, 6.07) is 0. The van der Waals surface area contributed by atoms with Crippen LogP contribution < -0.4 is 4.90 Å². The molecule has 0 spiro atoms. The van der Waals surface area contributed by atoms with Crippen LogP contribution in [0.15, 0.2) is 12.4 Å². The predicted molar refractivity (Wildman–Crippen MR) is 66.8 cm³/mol. The summed E-state index contributed by atoms with van der Waals surface area (Å²) >= 11 is 0. The number of aliphatic hydroxyl groups is 2. The lowest BCUT2D eigenvalue weighted by Gasteiger charge is -2.35. The molecule has 7 heteroatoms. The number of piperidine rings is 1. The zero-order valence-corrected chi connectivity index (χ0v) is 10.7. The van der Waals surface area contributed by atoms with E-state index in [-0.39, 0.29) is 18.2 Å².